The van der Waals surface area contributed by atoms with Crippen LogP contribution in [0.3, 0.4) is 0 Å². The largest absolute Gasteiger partial charge is 0.369 e. The third kappa shape index (κ3) is 3.88. The first-order chi connectivity index (χ1) is 8.25. The highest BCUT2D eigenvalue weighted by Crippen LogP contribution is 2.30. The molecular weight excluding hydrogens is 232 g/mol. The van der Waals surface area contributed by atoms with E-state index in [1.54, 1.807) is 6.20 Å². The summed E-state index contributed by atoms with van der Waals surface area (Å²) in [6.07, 6.45) is 8.60. The molecule has 2 nitrogen and oxygen atoms in total. The van der Waals surface area contributed by atoms with Crippen molar-refractivity contribution in [1.29, 1.82) is 0 Å². The average Bonchev–Trinajstić information content (AvgIpc) is 2.32. The van der Waals surface area contributed by atoms with E-state index in [1.165, 1.54) is 32.1 Å². The minimum atomic E-state index is 0.713. The fraction of sp³-hybridized carbons (Fsp3) is 0.643. The summed E-state index contributed by atoms with van der Waals surface area (Å²) in [5, 5.41) is 4.04. The van der Waals surface area contributed by atoms with E-state index in [4.69, 9.17) is 11.6 Å². The SMILES string of the molecule is CC1CCCC(CCNc2ncccc2Cl)C1. The number of nitrogens with zero attached hydrogens (tertiary/aromatic N) is 1. The molecule has 1 heterocycles. The molecular formula is C14H21ClN2. The fourth-order valence-electron chi connectivity index (χ4n) is 2.73. The van der Waals surface area contributed by atoms with Crippen LogP contribution in [0.15, 0.2) is 18.3 Å². The van der Waals surface area contributed by atoms with Gasteiger partial charge in [-0.3, -0.25) is 0 Å². The van der Waals surface area contributed by atoms with Crippen LogP contribution in [0.4, 0.5) is 5.82 Å². The van der Waals surface area contributed by atoms with Crippen molar-refractivity contribution in [3.8, 4) is 0 Å². The average molecular weight is 253 g/mol. The van der Waals surface area contributed by atoms with Gasteiger partial charge in [0.05, 0.1) is 5.02 Å². The normalized spacial score (nSPS) is 24.6. The second-order valence-corrected chi connectivity index (χ2v) is 5.59. The lowest BCUT2D eigenvalue weighted by molar-refractivity contribution is 0.274. The van der Waals surface area contributed by atoms with Crippen molar-refractivity contribution in [2.75, 3.05) is 11.9 Å². The van der Waals surface area contributed by atoms with E-state index < -0.39 is 0 Å². The predicted molar refractivity (Wildman–Crippen MR) is 73.5 cm³/mol. The van der Waals surface area contributed by atoms with Crippen molar-refractivity contribution in [2.24, 2.45) is 11.8 Å². The van der Waals surface area contributed by atoms with Crippen molar-refractivity contribution in [3.05, 3.63) is 23.4 Å². The van der Waals surface area contributed by atoms with Crippen molar-refractivity contribution in [1.82, 2.24) is 4.98 Å². The van der Waals surface area contributed by atoms with Crippen LogP contribution in [0.1, 0.15) is 39.0 Å². The zero-order valence-corrected chi connectivity index (χ0v) is 11.2. The Labute approximate surface area is 109 Å². The molecule has 0 aromatic carbocycles. The summed E-state index contributed by atoms with van der Waals surface area (Å²) >= 11 is 6.04. The molecule has 0 amide bonds. The van der Waals surface area contributed by atoms with Crippen LogP contribution in [0, 0.1) is 11.8 Å². The van der Waals surface area contributed by atoms with Crippen LogP contribution < -0.4 is 5.32 Å². The van der Waals surface area contributed by atoms with Gasteiger partial charge in [-0.25, -0.2) is 4.98 Å². The number of aromatic nitrogens is 1. The molecule has 0 spiro atoms. The third-order valence-electron chi connectivity index (χ3n) is 3.65. The van der Waals surface area contributed by atoms with Crippen LogP contribution in [0.5, 0.6) is 0 Å². The molecule has 1 aliphatic rings. The summed E-state index contributed by atoms with van der Waals surface area (Å²) in [6, 6.07) is 3.73. The van der Waals surface area contributed by atoms with E-state index in [9.17, 15) is 0 Å². The Bertz CT molecular complexity index is 354. The monoisotopic (exact) mass is 252 g/mol. The number of rotatable bonds is 4. The molecule has 1 fully saturated rings. The topological polar surface area (TPSA) is 24.9 Å². The zero-order chi connectivity index (χ0) is 12.1. The van der Waals surface area contributed by atoms with E-state index in [0.29, 0.717) is 5.02 Å². The predicted octanol–water partition coefficient (Wildman–Crippen LogP) is 4.36. The van der Waals surface area contributed by atoms with Crippen molar-refractivity contribution < 1.29 is 0 Å². The Morgan fingerprint density at radius 2 is 2.35 bits per heavy atom. The van der Waals surface area contributed by atoms with Gasteiger partial charge in [-0.1, -0.05) is 37.8 Å². The molecule has 2 atom stereocenters. The summed E-state index contributed by atoms with van der Waals surface area (Å²) in [5.74, 6) is 2.61. The molecule has 2 rings (SSSR count). The summed E-state index contributed by atoms with van der Waals surface area (Å²) in [4.78, 5) is 4.23. The first-order valence-electron chi connectivity index (χ1n) is 6.60. The molecule has 2 unspecified atom stereocenters. The van der Waals surface area contributed by atoms with Gasteiger partial charge in [0.25, 0.3) is 0 Å². The van der Waals surface area contributed by atoms with Crippen LogP contribution in [0.25, 0.3) is 0 Å². The Morgan fingerprint density at radius 1 is 1.47 bits per heavy atom. The van der Waals surface area contributed by atoms with Crippen LogP contribution in [0.2, 0.25) is 5.02 Å². The van der Waals surface area contributed by atoms with Gasteiger partial charge in [-0.2, -0.15) is 0 Å². The van der Waals surface area contributed by atoms with Crippen LogP contribution in [-0.2, 0) is 0 Å². The van der Waals surface area contributed by atoms with Gasteiger partial charge >= 0.3 is 0 Å². The maximum Gasteiger partial charge on any atom is 0.144 e. The lowest BCUT2D eigenvalue weighted by atomic mass is 9.81. The van der Waals surface area contributed by atoms with Gasteiger partial charge in [-0.15, -0.1) is 0 Å². The number of hydrogen-bond acceptors (Lipinski definition) is 2. The number of nitrogens with one attached hydrogen (secondary N) is 1. The first-order valence-corrected chi connectivity index (χ1v) is 6.98. The highest BCUT2D eigenvalue weighted by Gasteiger charge is 2.18. The van der Waals surface area contributed by atoms with Gasteiger partial charge in [0.2, 0.25) is 0 Å². The van der Waals surface area contributed by atoms with E-state index >= 15 is 0 Å². The van der Waals surface area contributed by atoms with Crippen molar-refractivity contribution in [3.63, 3.8) is 0 Å². The molecule has 0 aliphatic heterocycles. The Morgan fingerprint density at radius 3 is 3.12 bits per heavy atom. The summed E-state index contributed by atoms with van der Waals surface area (Å²) in [7, 11) is 0. The molecule has 0 saturated heterocycles. The van der Waals surface area contributed by atoms with Gasteiger partial charge in [-0.05, 0) is 36.8 Å². The maximum atomic E-state index is 6.04. The van der Waals surface area contributed by atoms with E-state index in [1.807, 2.05) is 12.1 Å². The van der Waals surface area contributed by atoms with Gasteiger partial charge in [0.1, 0.15) is 5.82 Å². The summed E-state index contributed by atoms with van der Waals surface area (Å²) in [5.41, 5.74) is 0. The number of halogens is 1. The Kier molecular flexibility index (Phi) is 4.66. The Balaban J connectivity index is 1.74. The lowest BCUT2D eigenvalue weighted by Gasteiger charge is -2.26. The number of hydrogen-bond donors (Lipinski definition) is 1. The summed E-state index contributed by atoms with van der Waals surface area (Å²) < 4.78 is 0. The molecule has 1 aromatic rings. The van der Waals surface area contributed by atoms with Gasteiger partial charge in [0.15, 0.2) is 0 Å². The van der Waals surface area contributed by atoms with Crippen molar-refractivity contribution >= 4 is 17.4 Å². The minimum Gasteiger partial charge on any atom is -0.369 e. The van der Waals surface area contributed by atoms with E-state index in [2.05, 4.69) is 17.2 Å². The van der Waals surface area contributed by atoms with E-state index in [0.717, 1.165) is 24.2 Å². The summed E-state index contributed by atoms with van der Waals surface area (Å²) in [6.45, 7) is 3.35. The molecule has 94 valence electrons. The Hall–Kier alpha value is -0.760. The maximum absolute atomic E-state index is 6.04. The first kappa shape index (κ1) is 12.7. The smallest absolute Gasteiger partial charge is 0.144 e. The molecule has 3 heteroatoms. The lowest BCUT2D eigenvalue weighted by Crippen LogP contribution is -2.16. The number of anilines is 1. The highest BCUT2D eigenvalue weighted by molar-refractivity contribution is 6.32. The van der Waals surface area contributed by atoms with Crippen LogP contribution in [-0.4, -0.2) is 11.5 Å². The molecule has 1 N–H and O–H groups in total. The molecule has 0 radical (unpaired) electrons. The van der Waals surface area contributed by atoms with E-state index in [-0.39, 0.29) is 0 Å². The quantitative estimate of drug-likeness (QED) is 0.861. The zero-order valence-electron chi connectivity index (χ0n) is 10.5. The second-order valence-electron chi connectivity index (χ2n) is 5.19. The molecule has 17 heavy (non-hydrogen) atoms. The molecule has 1 aliphatic carbocycles. The van der Waals surface area contributed by atoms with Crippen LogP contribution >= 0.6 is 11.6 Å². The standard InChI is InChI=1S/C14H21ClN2/c1-11-4-2-5-12(10-11)7-9-17-14-13(15)6-3-8-16-14/h3,6,8,11-12H,2,4-5,7,9-10H2,1H3,(H,16,17). The number of pyridine rings is 1. The van der Waals surface area contributed by atoms with Gasteiger partial charge < -0.3 is 5.32 Å². The molecule has 0 bridgehead atoms. The highest BCUT2D eigenvalue weighted by atomic mass is 35.5. The molecule has 1 aromatic heterocycles. The van der Waals surface area contributed by atoms with Gasteiger partial charge in [0, 0.05) is 12.7 Å². The fourth-order valence-corrected chi connectivity index (χ4v) is 2.92. The van der Waals surface area contributed by atoms with Crippen molar-refractivity contribution in [2.45, 2.75) is 39.0 Å². The molecule has 1 saturated carbocycles. The minimum absolute atomic E-state index is 0.713. The third-order valence-corrected chi connectivity index (χ3v) is 3.95. The second kappa shape index (κ2) is 6.25.